The van der Waals surface area contributed by atoms with Crippen molar-refractivity contribution in [1.29, 1.82) is 0 Å². The van der Waals surface area contributed by atoms with Crippen molar-refractivity contribution < 1.29 is 4.39 Å². The fourth-order valence-electron chi connectivity index (χ4n) is 1.12. The Morgan fingerprint density at radius 1 is 1.75 bits per heavy atom. The molecule has 3 nitrogen and oxygen atoms in total. The number of nitrogens with zero attached hydrogens (tertiary/aromatic N) is 2. The molecule has 0 saturated heterocycles. The van der Waals surface area contributed by atoms with Crippen LogP contribution in [-0.2, 0) is 13.5 Å². The maximum Gasteiger partial charge on any atom is 0.105 e. The Morgan fingerprint density at radius 2 is 2.50 bits per heavy atom. The summed E-state index contributed by atoms with van der Waals surface area (Å²) >= 11 is 0. The van der Waals surface area contributed by atoms with Gasteiger partial charge in [0, 0.05) is 19.7 Å². The van der Waals surface area contributed by atoms with E-state index in [0.717, 1.165) is 5.56 Å². The van der Waals surface area contributed by atoms with Crippen molar-refractivity contribution in [3.63, 3.8) is 0 Å². The Bertz CT molecular complexity index is 234. The zero-order valence-corrected chi connectivity index (χ0v) is 7.20. The van der Waals surface area contributed by atoms with Gasteiger partial charge in [-0.15, -0.1) is 0 Å². The monoisotopic (exact) mass is 171 g/mol. The first kappa shape index (κ1) is 9.19. The molecule has 1 rings (SSSR count). The molecule has 1 unspecified atom stereocenters. The Morgan fingerprint density at radius 3 is 3.00 bits per heavy atom. The number of hydrogen-bond acceptors (Lipinski definition) is 2. The summed E-state index contributed by atoms with van der Waals surface area (Å²) in [5.41, 5.74) is 6.16. The molecule has 0 aliphatic rings. The minimum absolute atomic E-state index is 0.404. The van der Waals surface area contributed by atoms with Crippen LogP contribution in [0.3, 0.4) is 0 Å². The quantitative estimate of drug-likeness (QED) is 0.722. The molecule has 0 bridgehead atoms. The van der Waals surface area contributed by atoms with E-state index in [1.54, 1.807) is 10.9 Å². The standard InChI is InChI=1S/C8H14FN3/c1-12-6-7(5-11-12)4-8(9)2-3-10/h5-6,8H,2-4,10H2,1H3. The minimum Gasteiger partial charge on any atom is -0.330 e. The van der Waals surface area contributed by atoms with E-state index in [0.29, 0.717) is 19.4 Å². The van der Waals surface area contributed by atoms with E-state index in [-0.39, 0.29) is 0 Å². The number of hydrogen-bond donors (Lipinski definition) is 1. The predicted octanol–water partition coefficient (Wildman–Crippen LogP) is 0.650. The van der Waals surface area contributed by atoms with Crippen LogP contribution in [0.2, 0.25) is 0 Å². The molecule has 68 valence electrons. The SMILES string of the molecule is Cn1cc(CC(F)CCN)cn1. The second kappa shape index (κ2) is 4.21. The minimum atomic E-state index is -0.834. The predicted molar refractivity (Wildman–Crippen MR) is 45.5 cm³/mol. The smallest absolute Gasteiger partial charge is 0.105 e. The van der Waals surface area contributed by atoms with Gasteiger partial charge in [0.2, 0.25) is 0 Å². The van der Waals surface area contributed by atoms with Crippen molar-refractivity contribution in [2.24, 2.45) is 12.8 Å². The van der Waals surface area contributed by atoms with Gasteiger partial charge >= 0.3 is 0 Å². The van der Waals surface area contributed by atoms with Gasteiger partial charge in [-0.2, -0.15) is 5.10 Å². The van der Waals surface area contributed by atoms with Crippen molar-refractivity contribution in [2.45, 2.75) is 19.0 Å². The molecular weight excluding hydrogens is 157 g/mol. The second-order valence-corrected chi connectivity index (χ2v) is 2.90. The molecule has 0 spiro atoms. The number of alkyl halides is 1. The zero-order valence-electron chi connectivity index (χ0n) is 7.20. The lowest BCUT2D eigenvalue weighted by Gasteiger charge is -2.02. The van der Waals surface area contributed by atoms with E-state index in [4.69, 9.17) is 5.73 Å². The van der Waals surface area contributed by atoms with Gasteiger partial charge in [0.1, 0.15) is 6.17 Å². The summed E-state index contributed by atoms with van der Waals surface area (Å²) in [5, 5.41) is 3.95. The average Bonchev–Trinajstić information content (AvgIpc) is 2.36. The largest absolute Gasteiger partial charge is 0.330 e. The van der Waals surface area contributed by atoms with Crippen molar-refractivity contribution in [3.8, 4) is 0 Å². The van der Waals surface area contributed by atoms with Crippen LogP contribution in [0, 0.1) is 0 Å². The maximum absolute atomic E-state index is 13.0. The fraction of sp³-hybridized carbons (Fsp3) is 0.625. The third-order valence-corrected chi connectivity index (χ3v) is 1.70. The maximum atomic E-state index is 13.0. The van der Waals surface area contributed by atoms with E-state index < -0.39 is 6.17 Å². The van der Waals surface area contributed by atoms with E-state index in [1.165, 1.54) is 0 Å². The summed E-state index contributed by atoms with van der Waals surface area (Å²) in [5.74, 6) is 0. The fourth-order valence-corrected chi connectivity index (χ4v) is 1.12. The highest BCUT2D eigenvalue weighted by molar-refractivity contribution is 5.04. The molecule has 2 N–H and O–H groups in total. The first-order chi connectivity index (χ1) is 5.72. The number of nitrogens with two attached hydrogens (primary N) is 1. The van der Waals surface area contributed by atoms with Crippen LogP contribution in [0.15, 0.2) is 12.4 Å². The molecule has 0 radical (unpaired) electrons. The van der Waals surface area contributed by atoms with Crippen LogP contribution in [0.4, 0.5) is 4.39 Å². The molecule has 0 fully saturated rings. The lowest BCUT2D eigenvalue weighted by molar-refractivity contribution is 0.316. The van der Waals surface area contributed by atoms with Crippen LogP contribution in [-0.4, -0.2) is 22.5 Å². The lowest BCUT2D eigenvalue weighted by atomic mass is 10.1. The summed E-state index contributed by atoms with van der Waals surface area (Å²) in [6.45, 7) is 0.404. The van der Waals surface area contributed by atoms with Crippen LogP contribution in [0.25, 0.3) is 0 Å². The Labute approximate surface area is 71.4 Å². The molecule has 0 aromatic carbocycles. The Kier molecular flexibility index (Phi) is 3.22. The van der Waals surface area contributed by atoms with Gasteiger partial charge in [0.15, 0.2) is 0 Å². The third kappa shape index (κ3) is 2.62. The number of rotatable bonds is 4. The normalized spacial score (nSPS) is 13.2. The topological polar surface area (TPSA) is 43.8 Å². The highest BCUT2D eigenvalue weighted by Gasteiger charge is 2.07. The van der Waals surface area contributed by atoms with Crippen LogP contribution >= 0.6 is 0 Å². The summed E-state index contributed by atoms with van der Waals surface area (Å²) < 4.78 is 14.7. The van der Waals surface area contributed by atoms with Crippen LogP contribution in [0.5, 0.6) is 0 Å². The molecule has 0 aliphatic carbocycles. The number of aryl methyl sites for hydroxylation is 1. The zero-order chi connectivity index (χ0) is 8.97. The number of halogens is 1. The van der Waals surface area contributed by atoms with E-state index in [1.807, 2.05) is 13.2 Å². The van der Waals surface area contributed by atoms with Crippen molar-refractivity contribution in [2.75, 3.05) is 6.54 Å². The van der Waals surface area contributed by atoms with Gasteiger partial charge < -0.3 is 5.73 Å². The van der Waals surface area contributed by atoms with E-state index in [2.05, 4.69) is 5.10 Å². The van der Waals surface area contributed by atoms with Crippen molar-refractivity contribution >= 4 is 0 Å². The molecule has 1 heterocycles. The molecule has 1 aromatic rings. The van der Waals surface area contributed by atoms with Gasteiger partial charge in [0.25, 0.3) is 0 Å². The second-order valence-electron chi connectivity index (χ2n) is 2.90. The molecule has 0 aliphatic heterocycles. The summed E-state index contributed by atoms with van der Waals surface area (Å²) in [6.07, 6.45) is 3.52. The molecule has 0 amide bonds. The van der Waals surface area contributed by atoms with Gasteiger partial charge in [-0.3, -0.25) is 4.68 Å². The highest BCUT2D eigenvalue weighted by Crippen LogP contribution is 2.06. The van der Waals surface area contributed by atoms with Gasteiger partial charge in [-0.25, -0.2) is 4.39 Å². The molecule has 4 heteroatoms. The van der Waals surface area contributed by atoms with Gasteiger partial charge in [-0.1, -0.05) is 0 Å². The molecule has 12 heavy (non-hydrogen) atoms. The first-order valence-corrected chi connectivity index (χ1v) is 4.04. The lowest BCUT2D eigenvalue weighted by Crippen LogP contribution is -2.11. The Hall–Kier alpha value is -0.900. The summed E-state index contributed by atoms with van der Waals surface area (Å²) in [6, 6.07) is 0. The van der Waals surface area contributed by atoms with Gasteiger partial charge in [0.05, 0.1) is 6.20 Å². The Balaban J connectivity index is 2.41. The van der Waals surface area contributed by atoms with Crippen molar-refractivity contribution in [1.82, 2.24) is 9.78 Å². The molecule has 1 aromatic heterocycles. The average molecular weight is 171 g/mol. The van der Waals surface area contributed by atoms with E-state index in [9.17, 15) is 4.39 Å². The molecule has 0 saturated carbocycles. The summed E-state index contributed by atoms with van der Waals surface area (Å²) in [4.78, 5) is 0. The van der Waals surface area contributed by atoms with Crippen molar-refractivity contribution in [3.05, 3.63) is 18.0 Å². The first-order valence-electron chi connectivity index (χ1n) is 4.04. The van der Waals surface area contributed by atoms with E-state index >= 15 is 0 Å². The number of aromatic nitrogens is 2. The van der Waals surface area contributed by atoms with Gasteiger partial charge in [-0.05, 0) is 18.5 Å². The molecular formula is C8H14FN3. The van der Waals surface area contributed by atoms with Crippen LogP contribution in [0.1, 0.15) is 12.0 Å². The van der Waals surface area contributed by atoms with Crippen LogP contribution < -0.4 is 5.73 Å². The molecule has 1 atom stereocenters. The highest BCUT2D eigenvalue weighted by atomic mass is 19.1. The third-order valence-electron chi connectivity index (χ3n) is 1.70. The summed E-state index contributed by atoms with van der Waals surface area (Å²) in [7, 11) is 1.82.